The maximum atomic E-state index is 12.1. The second-order valence-corrected chi connectivity index (χ2v) is 10.8. The Hall–Kier alpha value is -0.620. The van der Waals surface area contributed by atoms with E-state index < -0.39 is 17.1 Å². The molecule has 29 heavy (non-hydrogen) atoms. The summed E-state index contributed by atoms with van der Waals surface area (Å²) in [6.07, 6.45) is 7.69. The van der Waals surface area contributed by atoms with Crippen LogP contribution in [0.1, 0.15) is 65.2 Å². The number of rotatable bonds is 1. The largest absolute Gasteiger partial charge is 0.458 e. The molecule has 1 aliphatic heterocycles. The summed E-state index contributed by atoms with van der Waals surface area (Å²) >= 11 is 0. The quantitative estimate of drug-likeness (QED) is 0.561. The molecule has 3 N–H and O–H groups in total. The summed E-state index contributed by atoms with van der Waals surface area (Å²) in [6.45, 7) is 4.69. The van der Waals surface area contributed by atoms with E-state index in [2.05, 4.69) is 6.92 Å². The second kappa shape index (κ2) is 6.94. The summed E-state index contributed by atoms with van der Waals surface area (Å²) in [4.78, 5) is 11.6. The first-order valence-corrected chi connectivity index (χ1v) is 11.2. The summed E-state index contributed by atoms with van der Waals surface area (Å²) in [7, 11) is 0. The number of carbonyl (C=O) groups is 1. The first-order valence-electron chi connectivity index (χ1n) is 11.2. The number of aliphatic hydroxyl groups is 3. The molecular weight excluding hydrogens is 392 g/mol. The van der Waals surface area contributed by atoms with Gasteiger partial charge in [-0.3, -0.25) is 0 Å². The van der Waals surface area contributed by atoms with E-state index >= 15 is 0 Å². The lowest BCUT2D eigenvalue weighted by molar-refractivity contribution is -0.244. The Balaban J connectivity index is 0.00000205. The van der Waals surface area contributed by atoms with E-state index in [-0.39, 0.29) is 41.7 Å². The van der Waals surface area contributed by atoms with Gasteiger partial charge < -0.3 is 20.1 Å². The fourth-order valence-electron chi connectivity index (χ4n) is 8.37. The Morgan fingerprint density at radius 1 is 1.03 bits per heavy atom. The number of hydrogen-bond acceptors (Lipinski definition) is 5. The molecule has 4 aliphatic carbocycles. The Morgan fingerprint density at radius 3 is 2.48 bits per heavy atom. The van der Waals surface area contributed by atoms with Gasteiger partial charge in [-0.15, -0.1) is 12.4 Å². The normalized spacial score (nSPS) is 53.8. The molecule has 9 atom stereocenters. The van der Waals surface area contributed by atoms with Gasteiger partial charge in [-0.25, -0.2) is 4.79 Å². The number of esters is 1. The zero-order valence-electron chi connectivity index (χ0n) is 17.5. The lowest BCUT2D eigenvalue weighted by Gasteiger charge is -2.64. The van der Waals surface area contributed by atoms with Crippen molar-refractivity contribution in [3.05, 3.63) is 11.6 Å². The van der Waals surface area contributed by atoms with E-state index in [1.807, 2.05) is 6.92 Å². The van der Waals surface area contributed by atoms with Crippen LogP contribution in [0.5, 0.6) is 0 Å². The highest BCUT2D eigenvalue weighted by Gasteiger charge is 2.70. The lowest BCUT2D eigenvalue weighted by atomic mass is 9.42. The average Bonchev–Trinajstić information content (AvgIpc) is 3.19. The summed E-state index contributed by atoms with van der Waals surface area (Å²) in [6, 6.07) is 0. The molecule has 4 saturated carbocycles. The Labute approximate surface area is 179 Å². The van der Waals surface area contributed by atoms with Crippen molar-refractivity contribution < 1.29 is 24.9 Å². The van der Waals surface area contributed by atoms with E-state index in [0.717, 1.165) is 44.1 Å². The minimum absolute atomic E-state index is 0. The lowest BCUT2D eigenvalue weighted by Crippen LogP contribution is -2.67. The standard InChI is InChI=1S/C23H34O5.ClH/c1-21-7-5-15(24)10-14(21)3-4-17-18(21)11-19(25)22(2)16(6-8-23(17,22)27)13-9-20(26)28-12-13;/h9,14-19,24-25,27H,3-8,10-12H2,1-2H3;1H/t14-,15+,16-,17-,18+,19-,21+,22+,23+;/m1./s1. The van der Waals surface area contributed by atoms with Crippen LogP contribution in [0.15, 0.2) is 11.6 Å². The predicted octanol–water partition coefficient (Wildman–Crippen LogP) is 3.00. The molecule has 0 aromatic rings. The van der Waals surface area contributed by atoms with Crippen LogP contribution in [0.2, 0.25) is 0 Å². The highest BCUT2D eigenvalue weighted by atomic mass is 35.5. The average molecular weight is 427 g/mol. The van der Waals surface area contributed by atoms with Crippen LogP contribution in [0.4, 0.5) is 0 Å². The fraction of sp³-hybridized carbons (Fsp3) is 0.870. The van der Waals surface area contributed by atoms with Gasteiger partial charge in [-0.2, -0.15) is 0 Å². The van der Waals surface area contributed by atoms with Crippen LogP contribution < -0.4 is 0 Å². The Morgan fingerprint density at radius 2 is 1.79 bits per heavy atom. The van der Waals surface area contributed by atoms with Gasteiger partial charge >= 0.3 is 5.97 Å². The number of carbonyl (C=O) groups excluding carboxylic acids is 1. The SMILES string of the molecule is C[C@]12CC[C@H](O)C[C@H]1CC[C@@H]1[C@@H]2C[C@@H](O)[C@]2(C)[C@@H](C3=CC(=O)OC3)CC[C@]12O.Cl. The Kier molecular flexibility index (Phi) is 5.17. The third kappa shape index (κ3) is 2.73. The molecule has 0 bridgehead atoms. The highest BCUT2D eigenvalue weighted by Crippen LogP contribution is 2.69. The van der Waals surface area contributed by atoms with Gasteiger partial charge in [0, 0.05) is 11.5 Å². The van der Waals surface area contributed by atoms with Crippen LogP contribution in [0.25, 0.3) is 0 Å². The maximum absolute atomic E-state index is 12.1. The molecule has 6 heteroatoms. The Bertz CT molecular complexity index is 724. The number of fused-ring (bicyclic) bond motifs is 5. The molecule has 0 aromatic carbocycles. The van der Waals surface area contributed by atoms with Gasteiger partial charge in [0.25, 0.3) is 0 Å². The molecular formula is C23H35ClO5. The van der Waals surface area contributed by atoms with Crippen molar-refractivity contribution in [1.82, 2.24) is 0 Å². The molecule has 0 saturated heterocycles. The number of hydrogen-bond donors (Lipinski definition) is 3. The number of halogens is 1. The zero-order chi connectivity index (χ0) is 19.9. The van der Waals surface area contributed by atoms with Crippen LogP contribution in [0, 0.1) is 34.5 Å². The molecule has 4 fully saturated rings. The predicted molar refractivity (Wildman–Crippen MR) is 110 cm³/mol. The van der Waals surface area contributed by atoms with Crippen molar-refractivity contribution in [1.29, 1.82) is 0 Å². The molecule has 1 heterocycles. The molecule has 5 rings (SSSR count). The van der Waals surface area contributed by atoms with Gasteiger partial charge in [-0.1, -0.05) is 13.8 Å². The summed E-state index contributed by atoms with van der Waals surface area (Å²) in [5.74, 6) is 0.657. The van der Waals surface area contributed by atoms with Crippen molar-refractivity contribution in [2.24, 2.45) is 34.5 Å². The molecule has 5 nitrogen and oxygen atoms in total. The van der Waals surface area contributed by atoms with Gasteiger partial charge in [0.05, 0.1) is 17.8 Å². The molecule has 164 valence electrons. The summed E-state index contributed by atoms with van der Waals surface area (Å²) in [5, 5.41) is 33.7. The first kappa shape index (κ1) is 21.6. The molecule has 0 amide bonds. The first-order chi connectivity index (χ1) is 13.2. The van der Waals surface area contributed by atoms with E-state index in [0.29, 0.717) is 31.3 Å². The minimum Gasteiger partial charge on any atom is -0.458 e. The topological polar surface area (TPSA) is 87.0 Å². The third-order valence-electron chi connectivity index (χ3n) is 10.0. The summed E-state index contributed by atoms with van der Waals surface area (Å²) < 4.78 is 5.16. The number of ether oxygens (including phenoxy) is 1. The van der Waals surface area contributed by atoms with Gasteiger partial charge in [0.2, 0.25) is 0 Å². The second-order valence-electron chi connectivity index (χ2n) is 10.8. The van der Waals surface area contributed by atoms with Crippen LogP contribution >= 0.6 is 12.4 Å². The van der Waals surface area contributed by atoms with Crippen LogP contribution in [-0.4, -0.2) is 45.7 Å². The van der Waals surface area contributed by atoms with Crippen LogP contribution in [-0.2, 0) is 9.53 Å². The smallest absolute Gasteiger partial charge is 0.331 e. The molecule has 0 spiro atoms. The van der Waals surface area contributed by atoms with E-state index in [1.165, 1.54) is 0 Å². The van der Waals surface area contributed by atoms with Crippen molar-refractivity contribution in [2.75, 3.05) is 6.61 Å². The highest BCUT2D eigenvalue weighted by molar-refractivity contribution is 5.85. The molecule has 0 aromatic heterocycles. The van der Waals surface area contributed by atoms with Crippen molar-refractivity contribution in [3.8, 4) is 0 Å². The molecule has 5 aliphatic rings. The van der Waals surface area contributed by atoms with Gasteiger partial charge in [0.15, 0.2) is 0 Å². The van der Waals surface area contributed by atoms with E-state index in [1.54, 1.807) is 6.08 Å². The molecule has 0 radical (unpaired) electrons. The van der Waals surface area contributed by atoms with E-state index in [9.17, 15) is 20.1 Å². The zero-order valence-corrected chi connectivity index (χ0v) is 18.3. The number of cyclic esters (lactones) is 1. The van der Waals surface area contributed by atoms with Crippen molar-refractivity contribution in [2.45, 2.75) is 83.0 Å². The maximum Gasteiger partial charge on any atom is 0.331 e. The monoisotopic (exact) mass is 426 g/mol. The van der Waals surface area contributed by atoms with Crippen molar-refractivity contribution in [3.63, 3.8) is 0 Å². The van der Waals surface area contributed by atoms with Gasteiger partial charge in [0.1, 0.15) is 6.61 Å². The summed E-state index contributed by atoms with van der Waals surface area (Å²) in [5.41, 5.74) is -0.507. The van der Waals surface area contributed by atoms with Crippen LogP contribution in [0.3, 0.4) is 0 Å². The minimum atomic E-state index is -0.906. The fourth-order valence-corrected chi connectivity index (χ4v) is 8.37. The van der Waals surface area contributed by atoms with Crippen molar-refractivity contribution >= 4 is 18.4 Å². The number of aliphatic hydroxyl groups excluding tert-OH is 2. The molecule has 0 unspecified atom stereocenters. The third-order valence-corrected chi connectivity index (χ3v) is 10.0. The van der Waals surface area contributed by atoms with E-state index in [4.69, 9.17) is 4.74 Å². The van der Waals surface area contributed by atoms with Gasteiger partial charge in [-0.05, 0) is 86.0 Å².